The summed E-state index contributed by atoms with van der Waals surface area (Å²) in [6.07, 6.45) is 1.55. The fraction of sp³-hybridized carbons (Fsp3) is 0.0952. The van der Waals surface area contributed by atoms with Gasteiger partial charge in [0.2, 0.25) is 11.7 Å². The number of hydrogen-bond donors (Lipinski definition) is 1. The highest BCUT2D eigenvalue weighted by atomic mass is 32.2. The Hall–Kier alpha value is -3.59. The SMILES string of the molecule is COc1ccc(-n2c(SCC(=O)Nc3ccccc3F)nnc2-c2ccco2)cc1. The Morgan fingerprint density at radius 2 is 1.93 bits per heavy atom. The van der Waals surface area contributed by atoms with Crippen molar-refractivity contribution in [3.63, 3.8) is 0 Å². The molecule has 0 radical (unpaired) electrons. The molecule has 0 unspecified atom stereocenters. The summed E-state index contributed by atoms with van der Waals surface area (Å²) in [6.45, 7) is 0. The third-order valence-corrected chi connectivity index (χ3v) is 5.11. The summed E-state index contributed by atoms with van der Waals surface area (Å²) in [4.78, 5) is 12.3. The largest absolute Gasteiger partial charge is 0.497 e. The number of thioether (sulfide) groups is 1. The number of amides is 1. The minimum absolute atomic E-state index is 0.0285. The van der Waals surface area contributed by atoms with Gasteiger partial charge in [0.1, 0.15) is 11.6 Å². The first kappa shape index (κ1) is 19.7. The number of nitrogens with zero attached hydrogens (tertiary/aromatic N) is 3. The van der Waals surface area contributed by atoms with Crippen molar-refractivity contribution in [2.45, 2.75) is 5.16 Å². The molecular formula is C21H17FN4O3S. The van der Waals surface area contributed by atoms with Crippen LogP contribution in [0.15, 0.2) is 76.5 Å². The van der Waals surface area contributed by atoms with Gasteiger partial charge in [-0.2, -0.15) is 0 Å². The van der Waals surface area contributed by atoms with Crippen LogP contribution in [-0.4, -0.2) is 33.5 Å². The predicted molar refractivity (Wildman–Crippen MR) is 111 cm³/mol. The third kappa shape index (κ3) is 4.20. The van der Waals surface area contributed by atoms with Crippen LogP contribution in [0.5, 0.6) is 5.75 Å². The molecule has 0 spiro atoms. The number of methoxy groups -OCH3 is 1. The van der Waals surface area contributed by atoms with E-state index in [-0.39, 0.29) is 17.3 Å². The molecule has 0 saturated heterocycles. The van der Waals surface area contributed by atoms with E-state index in [0.29, 0.717) is 22.5 Å². The van der Waals surface area contributed by atoms with Gasteiger partial charge in [-0.05, 0) is 48.5 Å². The topological polar surface area (TPSA) is 82.2 Å². The summed E-state index contributed by atoms with van der Waals surface area (Å²) in [6, 6.07) is 16.9. The number of ether oxygens (including phenoxy) is 1. The zero-order chi connectivity index (χ0) is 20.9. The van der Waals surface area contributed by atoms with Crippen LogP contribution >= 0.6 is 11.8 Å². The van der Waals surface area contributed by atoms with E-state index < -0.39 is 5.82 Å². The second-order valence-corrected chi connectivity index (χ2v) is 7.08. The lowest BCUT2D eigenvalue weighted by Gasteiger charge is -2.10. The van der Waals surface area contributed by atoms with Crippen molar-refractivity contribution < 1.29 is 18.3 Å². The van der Waals surface area contributed by atoms with E-state index in [9.17, 15) is 9.18 Å². The van der Waals surface area contributed by atoms with Gasteiger partial charge in [0.25, 0.3) is 0 Å². The fourth-order valence-electron chi connectivity index (χ4n) is 2.77. The highest BCUT2D eigenvalue weighted by Gasteiger charge is 2.19. The van der Waals surface area contributed by atoms with Crippen LogP contribution in [0.1, 0.15) is 0 Å². The van der Waals surface area contributed by atoms with Crippen molar-refractivity contribution >= 4 is 23.4 Å². The van der Waals surface area contributed by atoms with Crippen LogP contribution in [0.2, 0.25) is 0 Å². The van der Waals surface area contributed by atoms with Gasteiger partial charge in [-0.1, -0.05) is 23.9 Å². The Morgan fingerprint density at radius 1 is 1.13 bits per heavy atom. The number of carbonyl (C=O) groups excluding carboxylic acids is 1. The van der Waals surface area contributed by atoms with Crippen molar-refractivity contribution in [3.05, 3.63) is 72.7 Å². The predicted octanol–water partition coefficient (Wildman–Crippen LogP) is 4.41. The number of halogens is 1. The quantitative estimate of drug-likeness (QED) is 0.443. The van der Waals surface area contributed by atoms with Crippen LogP contribution in [0, 0.1) is 5.82 Å². The van der Waals surface area contributed by atoms with Gasteiger partial charge in [-0.25, -0.2) is 4.39 Å². The second kappa shape index (κ2) is 8.83. The number of benzene rings is 2. The number of rotatable bonds is 7. The molecule has 7 nitrogen and oxygen atoms in total. The Labute approximate surface area is 175 Å². The molecule has 30 heavy (non-hydrogen) atoms. The van der Waals surface area contributed by atoms with E-state index in [2.05, 4.69) is 15.5 Å². The number of carbonyl (C=O) groups is 1. The van der Waals surface area contributed by atoms with E-state index >= 15 is 0 Å². The van der Waals surface area contributed by atoms with Gasteiger partial charge in [0.15, 0.2) is 10.9 Å². The van der Waals surface area contributed by atoms with E-state index in [4.69, 9.17) is 9.15 Å². The average molecular weight is 424 g/mol. The molecule has 0 aliphatic carbocycles. The van der Waals surface area contributed by atoms with Crippen molar-refractivity contribution in [2.75, 3.05) is 18.2 Å². The van der Waals surface area contributed by atoms with Crippen molar-refractivity contribution in [2.24, 2.45) is 0 Å². The average Bonchev–Trinajstić information content (AvgIpc) is 3.44. The highest BCUT2D eigenvalue weighted by Crippen LogP contribution is 2.29. The molecule has 0 bridgehead atoms. The second-order valence-electron chi connectivity index (χ2n) is 6.13. The number of furan rings is 1. The summed E-state index contributed by atoms with van der Waals surface area (Å²) in [7, 11) is 1.59. The zero-order valence-corrected chi connectivity index (χ0v) is 16.7. The third-order valence-electron chi connectivity index (χ3n) is 4.19. The maximum absolute atomic E-state index is 13.8. The van der Waals surface area contributed by atoms with Gasteiger partial charge in [-0.15, -0.1) is 10.2 Å². The molecule has 152 valence electrons. The van der Waals surface area contributed by atoms with Crippen molar-refractivity contribution in [3.8, 4) is 23.0 Å². The van der Waals surface area contributed by atoms with Crippen LogP contribution < -0.4 is 10.1 Å². The summed E-state index contributed by atoms with van der Waals surface area (Å²) in [5.41, 5.74) is 0.917. The molecule has 0 aliphatic rings. The number of anilines is 1. The van der Waals surface area contributed by atoms with Crippen LogP contribution in [-0.2, 0) is 4.79 Å². The molecule has 0 aliphatic heterocycles. The number of nitrogens with one attached hydrogen (secondary N) is 1. The molecule has 4 aromatic rings. The maximum atomic E-state index is 13.8. The molecule has 0 atom stereocenters. The molecule has 2 aromatic carbocycles. The normalized spacial score (nSPS) is 10.7. The minimum Gasteiger partial charge on any atom is -0.497 e. The Bertz CT molecular complexity index is 1140. The standard InChI is InChI=1S/C21H17FN4O3S/c1-28-15-10-8-14(9-11-15)26-20(18-7-4-12-29-18)24-25-21(26)30-13-19(27)23-17-6-3-2-5-16(17)22/h2-12H,13H2,1H3,(H,23,27). The van der Waals surface area contributed by atoms with Gasteiger partial charge in [-0.3, -0.25) is 9.36 Å². The van der Waals surface area contributed by atoms with E-state index in [1.54, 1.807) is 42.2 Å². The molecule has 2 aromatic heterocycles. The van der Waals surface area contributed by atoms with E-state index in [1.165, 1.54) is 23.9 Å². The summed E-state index contributed by atoms with van der Waals surface area (Å²) >= 11 is 1.19. The first-order chi connectivity index (χ1) is 14.7. The van der Waals surface area contributed by atoms with Crippen LogP contribution in [0.25, 0.3) is 17.3 Å². The Balaban J connectivity index is 1.58. The highest BCUT2D eigenvalue weighted by molar-refractivity contribution is 7.99. The number of para-hydroxylation sites is 1. The lowest BCUT2D eigenvalue weighted by molar-refractivity contribution is -0.113. The number of hydrogen-bond acceptors (Lipinski definition) is 6. The first-order valence-electron chi connectivity index (χ1n) is 8.96. The van der Waals surface area contributed by atoms with Gasteiger partial charge < -0.3 is 14.5 Å². The first-order valence-corrected chi connectivity index (χ1v) is 9.95. The van der Waals surface area contributed by atoms with Gasteiger partial charge in [0.05, 0.1) is 30.5 Å². The molecule has 0 saturated carbocycles. The van der Waals surface area contributed by atoms with Crippen LogP contribution in [0.4, 0.5) is 10.1 Å². The monoisotopic (exact) mass is 424 g/mol. The smallest absolute Gasteiger partial charge is 0.234 e. The summed E-state index contributed by atoms with van der Waals surface area (Å²) in [5, 5.41) is 11.5. The molecule has 2 heterocycles. The fourth-order valence-corrected chi connectivity index (χ4v) is 3.52. The molecule has 1 amide bonds. The number of aromatic nitrogens is 3. The lowest BCUT2D eigenvalue weighted by Crippen LogP contribution is -2.15. The molecule has 0 fully saturated rings. The molecule has 1 N–H and O–H groups in total. The minimum atomic E-state index is -0.489. The maximum Gasteiger partial charge on any atom is 0.234 e. The van der Waals surface area contributed by atoms with Crippen molar-refractivity contribution in [1.82, 2.24) is 14.8 Å². The Kier molecular flexibility index (Phi) is 5.80. The lowest BCUT2D eigenvalue weighted by atomic mass is 10.3. The van der Waals surface area contributed by atoms with Crippen LogP contribution in [0.3, 0.4) is 0 Å². The van der Waals surface area contributed by atoms with Gasteiger partial charge >= 0.3 is 0 Å². The van der Waals surface area contributed by atoms with E-state index in [1.807, 2.05) is 24.3 Å². The van der Waals surface area contributed by atoms with Crippen molar-refractivity contribution in [1.29, 1.82) is 0 Å². The van der Waals surface area contributed by atoms with Gasteiger partial charge in [0, 0.05) is 0 Å². The summed E-state index contributed by atoms with van der Waals surface area (Å²) < 4.78 is 26.2. The van der Waals surface area contributed by atoms with E-state index in [0.717, 1.165) is 5.69 Å². The molecular weight excluding hydrogens is 407 g/mol. The summed E-state index contributed by atoms with van der Waals surface area (Å²) in [5.74, 6) is 0.945. The zero-order valence-electron chi connectivity index (χ0n) is 15.9. The molecule has 9 heteroatoms. The molecule has 4 rings (SSSR count). The Morgan fingerprint density at radius 3 is 2.63 bits per heavy atom.